The Bertz CT molecular complexity index is 431. The molecule has 18 heavy (non-hydrogen) atoms. The van der Waals surface area contributed by atoms with E-state index in [2.05, 4.69) is 5.32 Å². The van der Waals surface area contributed by atoms with Crippen LogP contribution in [0.5, 0.6) is 0 Å². The zero-order chi connectivity index (χ0) is 13.7. The molecule has 1 atom stereocenters. The van der Waals surface area contributed by atoms with Crippen molar-refractivity contribution < 1.29 is 14.7 Å². The second-order valence-electron chi connectivity index (χ2n) is 4.18. The zero-order valence-corrected chi connectivity index (χ0v) is 11.6. The molecule has 2 amide bonds. The fourth-order valence-electron chi connectivity index (χ4n) is 1.42. The van der Waals surface area contributed by atoms with Crippen molar-refractivity contribution in [1.82, 2.24) is 10.2 Å². The van der Waals surface area contributed by atoms with Gasteiger partial charge in [-0.3, -0.25) is 4.79 Å². The Morgan fingerprint density at radius 3 is 2.67 bits per heavy atom. The fraction of sp³-hybridized carbons (Fsp3) is 0.500. The highest BCUT2D eigenvalue weighted by molar-refractivity contribution is 7.12. The molecule has 0 saturated heterocycles. The van der Waals surface area contributed by atoms with Crippen LogP contribution >= 0.6 is 11.3 Å². The molecule has 0 aromatic carbocycles. The predicted molar refractivity (Wildman–Crippen MR) is 70.9 cm³/mol. The Morgan fingerprint density at radius 1 is 1.50 bits per heavy atom. The van der Waals surface area contributed by atoms with E-state index in [1.54, 1.807) is 18.4 Å². The van der Waals surface area contributed by atoms with E-state index in [1.165, 1.54) is 9.78 Å². The van der Waals surface area contributed by atoms with Gasteiger partial charge in [0, 0.05) is 23.3 Å². The molecule has 0 fully saturated rings. The highest BCUT2D eigenvalue weighted by Gasteiger charge is 2.14. The minimum atomic E-state index is -0.906. The first-order valence-electron chi connectivity index (χ1n) is 5.70. The number of amides is 2. The van der Waals surface area contributed by atoms with E-state index < -0.39 is 5.97 Å². The van der Waals surface area contributed by atoms with Gasteiger partial charge >= 0.3 is 12.0 Å². The topological polar surface area (TPSA) is 69.6 Å². The standard InChI is InChI=1S/C12H18N2O3S/c1-8-4-5-10(18-8)9(2)13-12(17)14(3)7-6-11(15)16/h4-5,9H,6-7H2,1-3H3,(H,13,17)(H,15,16). The molecule has 1 aromatic heterocycles. The summed E-state index contributed by atoms with van der Waals surface area (Å²) in [6, 6.07) is 3.68. The minimum Gasteiger partial charge on any atom is -0.481 e. The summed E-state index contributed by atoms with van der Waals surface area (Å²) < 4.78 is 0. The summed E-state index contributed by atoms with van der Waals surface area (Å²) in [5.74, 6) is -0.906. The van der Waals surface area contributed by atoms with Crippen LogP contribution in [0.15, 0.2) is 12.1 Å². The van der Waals surface area contributed by atoms with E-state index in [1.807, 2.05) is 26.0 Å². The van der Waals surface area contributed by atoms with Gasteiger partial charge in [0.05, 0.1) is 12.5 Å². The van der Waals surface area contributed by atoms with Gasteiger partial charge in [0.1, 0.15) is 0 Å². The number of urea groups is 1. The number of thiophene rings is 1. The quantitative estimate of drug-likeness (QED) is 0.862. The first-order valence-corrected chi connectivity index (χ1v) is 6.51. The second kappa shape index (κ2) is 6.39. The Labute approximate surface area is 110 Å². The molecule has 0 saturated carbocycles. The Kier molecular flexibility index (Phi) is 5.15. The monoisotopic (exact) mass is 270 g/mol. The minimum absolute atomic E-state index is 0.0452. The molecule has 0 aliphatic heterocycles. The highest BCUT2D eigenvalue weighted by Crippen LogP contribution is 2.22. The number of aliphatic carboxylic acids is 1. The van der Waals surface area contributed by atoms with E-state index in [-0.39, 0.29) is 25.0 Å². The molecule has 100 valence electrons. The first kappa shape index (κ1) is 14.5. The number of hydrogen-bond acceptors (Lipinski definition) is 3. The van der Waals surface area contributed by atoms with Crippen molar-refractivity contribution in [2.45, 2.75) is 26.3 Å². The van der Waals surface area contributed by atoms with Crippen LogP contribution in [-0.2, 0) is 4.79 Å². The van der Waals surface area contributed by atoms with Crippen molar-refractivity contribution in [2.24, 2.45) is 0 Å². The number of carbonyl (C=O) groups excluding carboxylic acids is 1. The third kappa shape index (κ3) is 4.37. The Balaban J connectivity index is 2.46. The number of rotatable bonds is 5. The lowest BCUT2D eigenvalue weighted by molar-refractivity contribution is -0.137. The number of nitrogens with one attached hydrogen (secondary N) is 1. The van der Waals surface area contributed by atoms with Gasteiger partial charge < -0.3 is 15.3 Å². The van der Waals surface area contributed by atoms with E-state index in [9.17, 15) is 9.59 Å². The maximum absolute atomic E-state index is 11.8. The summed E-state index contributed by atoms with van der Waals surface area (Å²) in [5.41, 5.74) is 0. The third-order valence-corrected chi connectivity index (χ3v) is 3.72. The summed E-state index contributed by atoms with van der Waals surface area (Å²) in [7, 11) is 1.59. The molecule has 1 unspecified atom stereocenters. The third-order valence-electron chi connectivity index (χ3n) is 2.54. The second-order valence-corrected chi connectivity index (χ2v) is 5.50. The van der Waals surface area contributed by atoms with Crippen LogP contribution < -0.4 is 5.32 Å². The van der Waals surface area contributed by atoms with Gasteiger partial charge in [-0.1, -0.05) is 0 Å². The van der Waals surface area contributed by atoms with Gasteiger partial charge in [0.15, 0.2) is 0 Å². The van der Waals surface area contributed by atoms with Crippen LogP contribution in [0.2, 0.25) is 0 Å². The van der Waals surface area contributed by atoms with E-state index in [4.69, 9.17) is 5.11 Å². The fourth-order valence-corrected chi connectivity index (χ4v) is 2.30. The molecule has 0 radical (unpaired) electrons. The summed E-state index contributed by atoms with van der Waals surface area (Å²) in [5, 5.41) is 11.4. The van der Waals surface area contributed by atoms with Crippen molar-refractivity contribution in [3.8, 4) is 0 Å². The van der Waals surface area contributed by atoms with Crippen LogP contribution in [0.25, 0.3) is 0 Å². The van der Waals surface area contributed by atoms with Gasteiger partial charge in [-0.15, -0.1) is 11.3 Å². The van der Waals surface area contributed by atoms with Crippen molar-refractivity contribution in [3.63, 3.8) is 0 Å². The van der Waals surface area contributed by atoms with Gasteiger partial charge in [-0.2, -0.15) is 0 Å². The van der Waals surface area contributed by atoms with Crippen LogP contribution in [0.3, 0.4) is 0 Å². The van der Waals surface area contributed by atoms with Crippen molar-refractivity contribution >= 4 is 23.3 Å². The first-order chi connectivity index (χ1) is 8.40. The maximum Gasteiger partial charge on any atom is 0.317 e. The summed E-state index contributed by atoms with van der Waals surface area (Å²) in [6.45, 7) is 4.13. The molecule has 5 nitrogen and oxygen atoms in total. The lowest BCUT2D eigenvalue weighted by atomic mass is 10.3. The van der Waals surface area contributed by atoms with Crippen molar-refractivity contribution in [1.29, 1.82) is 0 Å². The largest absolute Gasteiger partial charge is 0.481 e. The van der Waals surface area contributed by atoms with Crippen LogP contribution in [0, 0.1) is 6.92 Å². The number of aryl methyl sites for hydroxylation is 1. The normalized spacial score (nSPS) is 11.9. The van der Waals surface area contributed by atoms with Crippen LogP contribution in [0.4, 0.5) is 4.79 Å². The molecule has 0 aliphatic carbocycles. The van der Waals surface area contributed by atoms with Crippen LogP contribution in [0.1, 0.15) is 29.1 Å². The number of carbonyl (C=O) groups is 2. The number of carboxylic acid groups (broad SMARTS) is 1. The van der Waals surface area contributed by atoms with E-state index in [0.717, 1.165) is 4.88 Å². The smallest absolute Gasteiger partial charge is 0.317 e. The molecular formula is C12H18N2O3S. The molecule has 0 spiro atoms. The summed E-state index contributed by atoms with van der Waals surface area (Å²) in [4.78, 5) is 25.9. The molecule has 1 aromatic rings. The molecule has 1 heterocycles. The summed E-state index contributed by atoms with van der Waals surface area (Å²) in [6.07, 6.45) is -0.0452. The molecule has 2 N–H and O–H groups in total. The zero-order valence-electron chi connectivity index (χ0n) is 10.8. The maximum atomic E-state index is 11.8. The number of hydrogen-bond donors (Lipinski definition) is 2. The van der Waals surface area contributed by atoms with E-state index in [0.29, 0.717) is 0 Å². The molecular weight excluding hydrogens is 252 g/mol. The average molecular weight is 270 g/mol. The van der Waals surface area contributed by atoms with Crippen LogP contribution in [-0.4, -0.2) is 35.6 Å². The van der Waals surface area contributed by atoms with Gasteiger partial charge in [0.25, 0.3) is 0 Å². The predicted octanol–water partition coefficient (Wildman–Crippen LogP) is 2.23. The molecule has 6 heteroatoms. The van der Waals surface area contributed by atoms with Crippen molar-refractivity contribution in [3.05, 3.63) is 21.9 Å². The number of carboxylic acids is 1. The summed E-state index contributed by atoms with van der Waals surface area (Å²) >= 11 is 1.64. The van der Waals surface area contributed by atoms with Gasteiger partial charge in [0.2, 0.25) is 0 Å². The lowest BCUT2D eigenvalue weighted by Gasteiger charge is -2.20. The molecule has 1 rings (SSSR count). The van der Waals surface area contributed by atoms with E-state index >= 15 is 0 Å². The molecule has 0 bridgehead atoms. The Hall–Kier alpha value is -1.56. The van der Waals surface area contributed by atoms with Gasteiger partial charge in [-0.25, -0.2) is 4.79 Å². The average Bonchev–Trinajstić information content (AvgIpc) is 2.72. The molecule has 0 aliphatic rings. The van der Waals surface area contributed by atoms with Gasteiger partial charge in [-0.05, 0) is 26.0 Å². The van der Waals surface area contributed by atoms with Crippen molar-refractivity contribution in [2.75, 3.05) is 13.6 Å². The number of nitrogens with zero attached hydrogens (tertiary/aromatic N) is 1. The Morgan fingerprint density at radius 2 is 2.17 bits per heavy atom. The lowest BCUT2D eigenvalue weighted by Crippen LogP contribution is -2.39. The highest BCUT2D eigenvalue weighted by atomic mass is 32.1. The SMILES string of the molecule is Cc1ccc(C(C)NC(=O)N(C)CCC(=O)O)s1.